The maximum atomic E-state index is 14.0. The van der Waals surface area contributed by atoms with Crippen LogP contribution in [0.4, 0.5) is 0 Å². The lowest BCUT2D eigenvalue weighted by Gasteiger charge is -2.36. The minimum absolute atomic E-state index is 0.0340. The number of para-hydroxylation sites is 1. The largest absolute Gasteiger partial charge is 0.493 e. The second-order valence-corrected chi connectivity index (χ2v) is 10.0. The van der Waals surface area contributed by atoms with Gasteiger partial charge in [0.05, 0.1) is 24.7 Å². The predicted octanol–water partition coefficient (Wildman–Crippen LogP) is 3.47. The minimum atomic E-state index is -0.392. The molecule has 1 fully saturated rings. The number of carbonyl (C=O) groups excluding carboxylic acids is 3. The molecular weight excluding hydrogens is 496 g/mol. The number of piperidine rings is 1. The van der Waals surface area contributed by atoms with Crippen molar-refractivity contribution in [2.45, 2.75) is 32.4 Å². The summed E-state index contributed by atoms with van der Waals surface area (Å²) in [5.74, 6) is -0.221. The highest BCUT2D eigenvalue weighted by Gasteiger charge is 2.33. The number of aryl methyl sites for hydroxylation is 1. The Kier molecular flexibility index (Phi) is 6.99. The van der Waals surface area contributed by atoms with E-state index in [0.29, 0.717) is 42.5 Å². The zero-order chi connectivity index (χ0) is 27.8. The number of hydrogen-bond donors (Lipinski definition) is 0. The zero-order valence-electron chi connectivity index (χ0n) is 22.6. The average Bonchev–Trinajstić information content (AvgIpc) is 3.27. The summed E-state index contributed by atoms with van der Waals surface area (Å²) in [6.07, 6.45) is 1.34. The predicted molar refractivity (Wildman–Crippen MR) is 149 cm³/mol. The first-order valence-electron chi connectivity index (χ1n) is 13.0. The van der Waals surface area contributed by atoms with Crippen molar-refractivity contribution in [3.63, 3.8) is 0 Å². The molecule has 5 rings (SSSR count). The van der Waals surface area contributed by atoms with Crippen molar-refractivity contribution in [3.8, 4) is 5.75 Å². The Bertz CT molecular complexity index is 1650. The van der Waals surface area contributed by atoms with Crippen molar-refractivity contribution in [1.29, 1.82) is 0 Å². The standard InChI is InChI=1S/C30H32N4O5/c1-19(35)33-16-14-21(15-17-33)31(2)30(38)27-28(39-4)25-26(32(27)3)22-12-8-9-13-23(22)34(29(25)37)18-24(36)20-10-6-5-7-11-20/h5-13,21H,14-18H2,1-4H3. The number of nitrogens with zero attached hydrogens (tertiary/aromatic N) is 4. The molecular formula is C30H32N4O5. The molecule has 1 aliphatic heterocycles. The van der Waals surface area contributed by atoms with Gasteiger partial charge in [-0.15, -0.1) is 0 Å². The smallest absolute Gasteiger partial charge is 0.274 e. The molecule has 9 heteroatoms. The number of methoxy groups -OCH3 is 1. The molecule has 0 bridgehead atoms. The lowest BCUT2D eigenvalue weighted by molar-refractivity contribution is -0.130. The molecule has 0 atom stereocenters. The third kappa shape index (κ3) is 4.47. The molecule has 202 valence electrons. The van der Waals surface area contributed by atoms with Gasteiger partial charge in [0.15, 0.2) is 17.2 Å². The zero-order valence-corrected chi connectivity index (χ0v) is 22.6. The number of amides is 2. The maximum absolute atomic E-state index is 14.0. The van der Waals surface area contributed by atoms with E-state index in [2.05, 4.69) is 0 Å². The summed E-state index contributed by atoms with van der Waals surface area (Å²) in [5, 5.41) is 1.01. The van der Waals surface area contributed by atoms with E-state index < -0.39 is 5.56 Å². The molecule has 3 heterocycles. The summed E-state index contributed by atoms with van der Waals surface area (Å²) in [4.78, 5) is 56.3. The third-order valence-electron chi connectivity index (χ3n) is 7.84. The van der Waals surface area contributed by atoms with E-state index in [0.717, 1.165) is 5.39 Å². The molecule has 0 radical (unpaired) electrons. The second kappa shape index (κ2) is 10.4. The first-order chi connectivity index (χ1) is 18.7. The number of ketones is 1. The molecule has 0 N–H and O–H groups in total. The van der Waals surface area contributed by atoms with Gasteiger partial charge >= 0.3 is 0 Å². The first-order valence-corrected chi connectivity index (χ1v) is 13.0. The lowest BCUT2D eigenvalue weighted by atomic mass is 10.0. The average molecular weight is 529 g/mol. The Balaban J connectivity index is 1.62. The number of pyridine rings is 1. The van der Waals surface area contributed by atoms with Gasteiger partial charge in [0.25, 0.3) is 11.5 Å². The molecule has 0 unspecified atom stereocenters. The number of benzene rings is 2. The van der Waals surface area contributed by atoms with Crippen molar-refractivity contribution in [3.05, 3.63) is 76.2 Å². The van der Waals surface area contributed by atoms with Crippen molar-refractivity contribution in [2.24, 2.45) is 7.05 Å². The highest BCUT2D eigenvalue weighted by Crippen LogP contribution is 2.36. The van der Waals surface area contributed by atoms with Crippen molar-refractivity contribution < 1.29 is 19.1 Å². The van der Waals surface area contributed by atoms with Gasteiger partial charge in [0.1, 0.15) is 5.39 Å². The van der Waals surface area contributed by atoms with Crippen LogP contribution in [0.1, 0.15) is 40.6 Å². The maximum Gasteiger partial charge on any atom is 0.274 e. The van der Waals surface area contributed by atoms with Crippen LogP contribution in [0, 0.1) is 0 Å². The van der Waals surface area contributed by atoms with Crippen molar-refractivity contribution >= 4 is 39.4 Å². The third-order valence-corrected chi connectivity index (χ3v) is 7.84. The molecule has 2 aromatic carbocycles. The van der Waals surface area contributed by atoms with Gasteiger partial charge in [-0.05, 0) is 18.9 Å². The molecule has 2 aromatic heterocycles. The summed E-state index contributed by atoms with van der Waals surface area (Å²) >= 11 is 0. The molecule has 0 aliphatic carbocycles. The summed E-state index contributed by atoms with van der Waals surface area (Å²) in [6, 6.07) is 16.2. The minimum Gasteiger partial charge on any atom is -0.493 e. The molecule has 9 nitrogen and oxygen atoms in total. The summed E-state index contributed by atoms with van der Waals surface area (Å²) in [7, 11) is 4.96. The molecule has 1 aliphatic rings. The van der Waals surface area contributed by atoms with E-state index in [4.69, 9.17) is 4.74 Å². The Morgan fingerprint density at radius 1 is 1.00 bits per heavy atom. The van der Waals surface area contributed by atoms with E-state index in [1.54, 1.807) is 59.7 Å². The Morgan fingerprint density at radius 3 is 2.28 bits per heavy atom. The van der Waals surface area contributed by atoms with Gasteiger partial charge in [0.2, 0.25) is 5.91 Å². The van der Waals surface area contributed by atoms with E-state index in [-0.39, 0.29) is 47.0 Å². The van der Waals surface area contributed by atoms with E-state index >= 15 is 0 Å². The van der Waals surface area contributed by atoms with Crippen molar-refractivity contribution in [1.82, 2.24) is 18.9 Å². The number of ether oxygens (including phenoxy) is 1. The molecule has 2 amide bonds. The number of aromatic nitrogens is 2. The SMILES string of the molecule is COc1c(C(=O)N(C)C2CCN(C(C)=O)CC2)n(C)c2c1c(=O)n(CC(=O)c1ccccc1)c1ccccc21. The van der Waals surface area contributed by atoms with Crippen LogP contribution < -0.4 is 10.3 Å². The van der Waals surface area contributed by atoms with Crippen LogP contribution >= 0.6 is 0 Å². The number of Topliss-reactive ketones (excluding diaryl/α,β-unsaturated/α-hetero) is 1. The van der Waals surface area contributed by atoms with Crippen LogP contribution in [0.3, 0.4) is 0 Å². The van der Waals surface area contributed by atoms with Gasteiger partial charge < -0.3 is 19.1 Å². The van der Waals surface area contributed by atoms with Gasteiger partial charge in [-0.25, -0.2) is 0 Å². The Labute approximate surface area is 226 Å². The second-order valence-electron chi connectivity index (χ2n) is 10.0. The van der Waals surface area contributed by atoms with Gasteiger partial charge in [0, 0.05) is 51.1 Å². The monoisotopic (exact) mass is 528 g/mol. The van der Waals surface area contributed by atoms with Crippen LogP contribution in [0.2, 0.25) is 0 Å². The van der Waals surface area contributed by atoms with E-state index in [1.165, 1.54) is 11.7 Å². The summed E-state index contributed by atoms with van der Waals surface area (Å²) in [6.45, 7) is 2.60. The van der Waals surface area contributed by atoms with Gasteiger partial charge in [-0.1, -0.05) is 48.5 Å². The highest BCUT2D eigenvalue weighted by atomic mass is 16.5. The lowest BCUT2D eigenvalue weighted by Crippen LogP contribution is -2.47. The quantitative estimate of drug-likeness (QED) is 0.357. The molecule has 39 heavy (non-hydrogen) atoms. The highest BCUT2D eigenvalue weighted by molar-refractivity contribution is 6.12. The van der Waals surface area contributed by atoms with Crippen LogP contribution in [-0.2, 0) is 18.4 Å². The molecule has 4 aromatic rings. The molecule has 0 spiro atoms. The molecule has 1 saturated heterocycles. The first kappa shape index (κ1) is 26.2. The Hall–Kier alpha value is -4.40. The number of carbonyl (C=O) groups is 3. The fourth-order valence-corrected chi connectivity index (χ4v) is 5.68. The van der Waals surface area contributed by atoms with E-state index in [9.17, 15) is 19.2 Å². The van der Waals surface area contributed by atoms with E-state index in [1.807, 2.05) is 30.3 Å². The molecule has 0 saturated carbocycles. The fraction of sp³-hybridized carbons (Fsp3) is 0.333. The number of hydrogen-bond acceptors (Lipinski definition) is 5. The number of fused-ring (bicyclic) bond motifs is 3. The van der Waals surface area contributed by atoms with Crippen LogP contribution in [0.15, 0.2) is 59.4 Å². The van der Waals surface area contributed by atoms with Gasteiger partial charge in [-0.3, -0.25) is 23.7 Å². The van der Waals surface area contributed by atoms with Crippen molar-refractivity contribution in [2.75, 3.05) is 27.2 Å². The summed E-state index contributed by atoms with van der Waals surface area (Å²) in [5.41, 5.74) is 1.59. The fourth-order valence-electron chi connectivity index (χ4n) is 5.68. The van der Waals surface area contributed by atoms with Crippen LogP contribution in [0.25, 0.3) is 21.8 Å². The number of likely N-dealkylation sites (tertiary alicyclic amines) is 1. The summed E-state index contributed by atoms with van der Waals surface area (Å²) < 4.78 is 8.93. The Morgan fingerprint density at radius 2 is 1.64 bits per heavy atom. The topological polar surface area (TPSA) is 93.8 Å². The normalized spacial score (nSPS) is 14.1. The van der Waals surface area contributed by atoms with Crippen LogP contribution in [-0.4, -0.2) is 69.8 Å². The number of rotatable bonds is 6. The van der Waals surface area contributed by atoms with Crippen LogP contribution in [0.5, 0.6) is 5.75 Å². The van der Waals surface area contributed by atoms with Gasteiger partial charge in [-0.2, -0.15) is 0 Å².